The molecule has 0 aliphatic rings. The first-order chi connectivity index (χ1) is 16.9. The summed E-state index contributed by atoms with van der Waals surface area (Å²) >= 11 is 5.71. The number of amides is 1. The number of carbonyl (C=O) groups excluding carboxylic acids is 1. The van der Waals surface area contributed by atoms with Crippen molar-refractivity contribution >= 4 is 33.2 Å². The zero-order chi connectivity index (χ0) is 26.5. The van der Waals surface area contributed by atoms with Gasteiger partial charge in [0.25, 0.3) is 10.0 Å². The van der Waals surface area contributed by atoms with Crippen molar-refractivity contribution in [2.45, 2.75) is 31.5 Å². The third-order valence-corrected chi connectivity index (χ3v) is 7.28. The first kappa shape index (κ1) is 27.3. The molecule has 3 aromatic rings. The maximum absolute atomic E-state index is 13.5. The van der Waals surface area contributed by atoms with Gasteiger partial charge in [-0.1, -0.05) is 41.4 Å². The lowest BCUT2D eigenvalue weighted by Crippen LogP contribution is -2.40. The Morgan fingerprint density at radius 2 is 1.67 bits per heavy atom. The second-order valence-electron chi connectivity index (χ2n) is 7.84. The van der Waals surface area contributed by atoms with E-state index in [0.717, 1.165) is 23.3 Å². The second kappa shape index (κ2) is 11.2. The number of aryl methyl sites for hydroxylation is 1. The Balaban J connectivity index is 1.90. The van der Waals surface area contributed by atoms with Gasteiger partial charge in [0.2, 0.25) is 5.91 Å². The third kappa shape index (κ3) is 6.70. The van der Waals surface area contributed by atoms with E-state index < -0.39 is 39.2 Å². The molecule has 0 heterocycles. The SMILES string of the molecule is CCOc1ccc(CNC(=O)CN(c2ccc(Cl)c(C(F)(F)F)c2)S(=O)(=O)c2ccc(C)cc2)cc1. The monoisotopic (exact) mass is 540 g/mol. The van der Waals surface area contributed by atoms with Crippen molar-refractivity contribution in [1.82, 2.24) is 5.32 Å². The summed E-state index contributed by atoms with van der Waals surface area (Å²) < 4.78 is 73.2. The Labute approximate surface area is 212 Å². The lowest BCUT2D eigenvalue weighted by Gasteiger charge is -2.25. The molecule has 0 spiro atoms. The molecule has 3 rings (SSSR count). The molecule has 11 heteroatoms. The Morgan fingerprint density at radius 1 is 1.03 bits per heavy atom. The molecule has 0 unspecified atom stereocenters. The van der Waals surface area contributed by atoms with Gasteiger partial charge in [-0.15, -0.1) is 0 Å². The van der Waals surface area contributed by atoms with Crippen LogP contribution in [0.2, 0.25) is 5.02 Å². The smallest absolute Gasteiger partial charge is 0.417 e. The van der Waals surface area contributed by atoms with Crippen LogP contribution in [0.15, 0.2) is 71.6 Å². The summed E-state index contributed by atoms with van der Waals surface area (Å²) in [6.45, 7) is 3.45. The van der Waals surface area contributed by atoms with Gasteiger partial charge in [0.15, 0.2) is 0 Å². The highest BCUT2D eigenvalue weighted by molar-refractivity contribution is 7.92. The predicted molar refractivity (Wildman–Crippen MR) is 132 cm³/mol. The summed E-state index contributed by atoms with van der Waals surface area (Å²) in [6.07, 6.45) is -4.82. The van der Waals surface area contributed by atoms with E-state index >= 15 is 0 Å². The number of halogens is 4. The molecule has 1 N–H and O–H groups in total. The third-order valence-electron chi connectivity index (χ3n) is 5.16. The molecule has 0 aliphatic carbocycles. The normalized spacial score (nSPS) is 11.7. The molecule has 0 atom stereocenters. The average molecular weight is 541 g/mol. The number of nitrogens with one attached hydrogen (secondary N) is 1. The molecule has 0 bridgehead atoms. The number of benzene rings is 3. The number of ether oxygens (including phenoxy) is 1. The minimum absolute atomic E-state index is 0.0814. The summed E-state index contributed by atoms with van der Waals surface area (Å²) in [5, 5.41) is 2.02. The van der Waals surface area contributed by atoms with Crippen molar-refractivity contribution in [2.24, 2.45) is 0 Å². The molecule has 0 radical (unpaired) electrons. The predicted octanol–water partition coefficient (Wildman–Crippen LogP) is 5.58. The van der Waals surface area contributed by atoms with Gasteiger partial charge in [0.1, 0.15) is 12.3 Å². The van der Waals surface area contributed by atoms with E-state index in [9.17, 15) is 26.4 Å². The van der Waals surface area contributed by atoms with Gasteiger partial charge in [-0.2, -0.15) is 13.2 Å². The Bertz CT molecular complexity index is 1310. The zero-order valence-corrected chi connectivity index (χ0v) is 21.0. The van der Waals surface area contributed by atoms with Crippen LogP contribution in [0.3, 0.4) is 0 Å². The van der Waals surface area contributed by atoms with Gasteiger partial charge in [-0.25, -0.2) is 8.42 Å². The van der Waals surface area contributed by atoms with Crippen LogP contribution >= 0.6 is 11.6 Å². The van der Waals surface area contributed by atoms with Crippen LogP contribution in [0.25, 0.3) is 0 Å². The minimum Gasteiger partial charge on any atom is -0.494 e. The zero-order valence-electron chi connectivity index (χ0n) is 19.5. The molecule has 0 fully saturated rings. The highest BCUT2D eigenvalue weighted by Crippen LogP contribution is 2.38. The van der Waals surface area contributed by atoms with Crippen molar-refractivity contribution < 1.29 is 31.1 Å². The molecule has 0 saturated carbocycles. The quantitative estimate of drug-likeness (QED) is 0.384. The van der Waals surface area contributed by atoms with Crippen LogP contribution in [0, 0.1) is 6.92 Å². The molecule has 36 heavy (non-hydrogen) atoms. The van der Waals surface area contributed by atoms with E-state index in [0.29, 0.717) is 22.7 Å². The molecular formula is C25H24ClF3N2O4S. The maximum atomic E-state index is 13.5. The number of sulfonamides is 1. The molecule has 0 aromatic heterocycles. The topological polar surface area (TPSA) is 75.7 Å². The van der Waals surface area contributed by atoms with E-state index in [1.807, 2.05) is 6.92 Å². The Hall–Kier alpha value is -3.24. The lowest BCUT2D eigenvalue weighted by atomic mass is 10.2. The van der Waals surface area contributed by atoms with Gasteiger partial charge >= 0.3 is 6.18 Å². The molecular weight excluding hydrogens is 517 g/mol. The molecule has 0 saturated heterocycles. The molecule has 3 aromatic carbocycles. The number of hydrogen-bond donors (Lipinski definition) is 1. The van der Waals surface area contributed by atoms with Crippen molar-refractivity contribution in [1.29, 1.82) is 0 Å². The van der Waals surface area contributed by atoms with E-state index in [2.05, 4.69) is 5.32 Å². The van der Waals surface area contributed by atoms with Crippen LogP contribution in [0.4, 0.5) is 18.9 Å². The van der Waals surface area contributed by atoms with Crippen molar-refractivity contribution in [3.05, 3.63) is 88.4 Å². The second-order valence-corrected chi connectivity index (χ2v) is 10.1. The van der Waals surface area contributed by atoms with Crippen LogP contribution in [0.5, 0.6) is 5.75 Å². The van der Waals surface area contributed by atoms with Crippen molar-refractivity contribution in [2.75, 3.05) is 17.5 Å². The van der Waals surface area contributed by atoms with Crippen LogP contribution in [0.1, 0.15) is 23.6 Å². The van der Waals surface area contributed by atoms with Crippen molar-refractivity contribution in [3.8, 4) is 5.75 Å². The molecule has 1 amide bonds. The average Bonchev–Trinajstić information content (AvgIpc) is 2.82. The number of alkyl halides is 3. The number of carbonyl (C=O) groups is 1. The minimum atomic E-state index is -4.82. The van der Waals surface area contributed by atoms with Crippen LogP contribution < -0.4 is 14.4 Å². The van der Waals surface area contributed by atoms with E-state index in [-0.39, 0.29) is 17.1 Å². The first-order valence-electron chi connectivity index (χ1n) is 10.9. The van der Waals surface area contributed by atoms with Crippen LogP contribution in [-0.2, 0) is 27.5 Å². The van der Waals surface area contributed by atoms with Crippen molar-refractivity contribution in [3.63, 3.8) is 0 Å². The summed E-state index contributed by atoms with van der Waals surface area (Å²) in [6, 6.07) is 15.4. The highest BCUT2D eigenvalue weighted by Gasteiger charge is 2.35. The Kier molecular flexibility index (Phi) is 8.52. The fourth-order valence-corrected chi connectivity index (χ4v) is 4.93. The Morgan fingerprint density at radius 3 is 2.25 bits per heavy atom. The standard InChI is InChI=1S/C25H24ClF3N2O4S/c1-3-35-20-9-6-18(7-10-20)15-30-24(32)16-31(36(33,34)21-11-4-17(2)5-12-21)19-8-13-23(26)22(14-19)25(27,28)29/h4-14H,3,15-16H2,1-2H3,(H,30,32). The number of nitrogens with zero attached hydrogens (tertiary/aromatic N) is 1. The van der Waals surface area contributed by atoms with E-state index in [4.69, 9.17) is 16.3 Å². The fourth-order valence-electron chi connectivity index (χ4n) is 3.30. The van der Waals surface area contributed by atoms with Gasteiger partial charge in [-0.3, -0.25) is 9.10 Å². The van der Waals surface area contributed by atoms with E-state index in [1.54, 1.807) is 43.3 Å². The highest BCUT2D eigenvalue weighted by atomic mass is 35.5. The largest absolute Gasteiger partial charge is 0.494 e. The number of anilines is 1. The van der Waals surface area contributed by atoms with Gasteiger partial charge in [0.05, 0.1) is 27.8 Å². The molecule has 192 valence electrons. The van der Waals surface area contributed by atoms with Gasteiger partial charge in [-0.05, 0) is 61.9 Å². The summed E-state index contributed by atoms with van der Waals surface area (Å²) in [4.78, 5) is 12.6. The lowest BCUT2D eigenvalue weighted by molar-refractivity contribution is -0.137. The summed E-state index contributed by atoms with van der Waals surface area (Å²) in [5.41, 5.74) is -0.0332. The molecule has 0 aliphatic heterocycles. The van der Waals surface area contributed by atoms with Gasteiger partial charge in [0, 0.05) is 6.54 Å². The van der Waals surface area contributed by atoms with Crippen LogP contribution in [-0.4, -0.2) is 27.5 Å². The van der Waals surface area contributed by atoms with Gasteiger partial charge < -0.3 is 10.1 Å². The number of rotatable bonds is 9. The number of hydrogen-bond acceptors (Lipinski definition) is 4. The van der Waals surface area contributed by atoms with E-state index in [1.165, 1.54) is 12.1 Å². The first-order valence-corrected chi connectivity index (χ1v) is 12.7. The fraction of sp³-hybridized carbons (Fsp3) is 0.240. The molecule has 6 nitrogen and oxygen atoms in total. The summed E-state index contributed by atoms with van der Waals surface area (Å²) in [5.74, 6) is -0.0470. The maximum Gasteiger partial charge on any atom is 0.417 e. The summed E-state index contributed by atoms with van der Waals surface area (Å²) in [7, 11) is -4.39.